The van der Waals surface area contributed by atoms with Crippen LogP contribution in [0.5, 0.6) is 0 Å². The fourth-order valence-corrected chi connectivity index (χ4v) is 4.42. The van der Waals surface area contributed by atoms with Crippen LogP contribution >= 0.6 is 0 Å². The van der Waals surface area contributed by atoms with E-state index in [0.29, 0.717) is 30.9 Å². The molecule has 1 spiro atoms. The molecule has 2 aromatic rings. The first-order valence-corrected chi connectivity index (χ1v) is 10.5. The molecule has 0 saturated carbocycles. The molecule has 0 unspecified atom stereocenters. The van der Waals surface area contributed by atoms with E-state index in [9.17, 15) is 22.8 Å². The summed E-state index contributed by atoms with van der Waals surface area (Å²) in [6.07, 6.45) is 0.495. The van der Waals surface area contributed by atoms with Crippen molar-refractivity contribution in [3.05, 3.63) is 47.8 Å². The van der Waals surface area contributed by atoms with E-state index in [2.05, 4.69) is 10.00 Å². The molecule has 10 heteroatoms. The fourth-order valence-electron chi connectivity index (χ4n) is 4.42. The first kappa shape index (κ1) is 22.3. The van der Waals surface area contributed by atoms with Gasteiger partial charge in [0.1, 0.15) is 0 Å². The molecule has 2 aliphatic rings. The maximum absolute atomic E-state index is 12.9. The Kier molecular flexibility index (Phi) is 5.74. The maximum Gasteiger partial charge on any atom is 0.416 e. The number of benzene rings is 1. The van der Waals surface area contributed by atoms with Crippen molar-refractivity contribution in [1.29, 1.82) is 0 Å². The van der Waals surface area contributed by atoms with Gasteiger partial charge in [-0.2, -0.15) is 23.0 Å². The van der Waals surface area contributed by atoms with Gasteiger partial charge in [0.25, 0.3) is 0 Å². The van der Waals surface area contributed by atoms with Crippen molar-refractivity contribution in [2.75, 3.05) is 38.1 Å². The highest BCUT2D eigenvalue weighted by molar-refractivity contribution is 5.91. The number of halogens is 3. The number of hydrogen-bond acceptors (Lipinski definition) is 4. The molecule has 2 amide bonds. The average Bonchev–Trinajstić information content (AvgIpc) is 3.21. The molecule has 0 bridgehead atoms. The summed E-state index contributed by atoms with van der Waals surface area (Å²) in [5, 5.41) is 4.08. The van der Waals surface area contributed by atoms with Gasteiger partial charge < -0.3 is 9.80 Å². The number of hydrogen-bond donors (Lipinski definition) is 0. The third kappa shape index (κ3) is 4.50. The third-order valence-electron chi connectivity index (χ3n) is 6.52. The average molecular weight is 449 g/mol. The van der Waals surface area contributed by atoms with E-state index in [1.54, 1.807) is 24.2 Å². The molecule has 1 aromatic carbocycles. The zero-order valence-electron chi connectivity index (χ0n) is 18.1. The predicted octanol–water partition coefficient (Wildman–Crippen LogP) is 3.45. The molecule has 2 aliphatic heterocycles. The highest BCUT2D eigenvalue weighted by Gasteiger charge is 2.47. The minimum absolute atomic E-state index is 0.0616. The van der Waals surface area contributed by atoms with Crippen LogP contribution in [0.25, 0.3) is 0 Å². The molecule has 7 nitrogen and oxygen atoms in total. The number of anilines is 1. The molecule has 3 heterocycles. The van der Waals surface area contributed by atoms with Gasteiger partial charge in [-0.15, -0.1) is 0 Å². The lowest BCUT2D eigenvalue weighted by molar-refractivity contribution is -0.137. The van der Waals surface area contributed by atoms with Crippen LogP contribution in [0.4, 0.5) is 23.7 Å². The molecule has 2 fully saturated rings. The SMILES string of the molecule is CC(=O)N(C)c1cnn(C(=O)N2CC3(CCN(Cc4cccc(C(F)(F)F)c4)CC3)C2)c1. The van der Waals surface area contributed by atoms with E-state index >= 15 is 0 Å². The summed E-state index contributed by atoms with van der Waals surface area (Å²) < 4.78 is 40.1. The molecule has 2 saturated heterocycles. The summed E-state index contributed by atoms with van der Waals surface area (Å²) in [6.45, 7) is 4.78. The lowest BCUT2D eigenvalue weighted by atomic mass is 9.72. The Labute approximate surface area is 184 Å². The number of carbonyl (C=O) groups excluding carboxylic acids is 2. The number of amides is 2. The van der Waals surface area contributed by atoms with E-state index in [0.717, 1.165) is 32.0 Å². The van der Waals surface area contributed by atoms with E-state index in [4.69, 9.17) is 0 Å². The topological polar surface area (TPSA) is 61.7 Å². The second kappa shape index (κ2) is 8.23. The van der Waals surface area contributed by atoms with E-state index < -0.39 is 11.7 Å². The number of nitrogens with zero attached hydrogens (tertiary/aromatic N) is 5. The Balaban J connectivity index is 1.29. The monoisotopic (exact) mass is 449 g/mol. The Hall–Kier alpha value is -2.88. The molecule has 4 rings (SSSR count). The fraction of sp³-hybridized carbons (Fsp3) is 0.500. The maximum atomic E-state index is 12.9. The highest BCUT2D eigenvalue weighted by atomic mass is 19.4. The normalized spacial score (nSPS) is 18.5. The Bertz CT molecular complexity index is 1000. The van der Waals surface area contributed by atoms with Crippen LogP contribution in [0.1, 0.15) is 30.9 Å². The lowest BCUT2D eigenvalue weighted by Gasteiger charge is -2.53. The van der Waals surface area contributed by atoms with Crippen LogP contribution in [0.2, 0.25) is 0 Å². The predicted molar refractivity (Wildman–Crippen MR) is 112 cm³/mol. The number of likely N-dealkylation sites (tertiary alicyclic amines) is 2. The largest absolute Gasteiger partial charge is 0.416 e. The first-order chi connectivity index (χ1) is 15.1. The minimum Gasteiger partial charge on any atom is -0.322 e. The van der Waals surface area contributed by atoms with Crippen molar-refractivity contribution >= 4 is 17.6 Å². The summed E-state index contributed by atoms with van der Waals surface area (Å²) in [7, 11) is 1.62. The quantitative estimate of drug-likeness (QED) is 0.720. The van der Waals surface area contributed by atoms with Crippen molar-refractivity contribution < 1.29 is 22.8 Å². The van der Waals surface area contributed by atoms with Crippen LogP contribution in [-0.4, -0.2) is 64.7 Å². The van der Waals surface area contributed by atoms with E-state index in [1.807, 2.05) is 0 Å². The molecule has 172 valence electrons. The molecule has 0 aliphatic carbocycles. The Morgan fingerprint density at radius 1 is 1.19 bits per heavy atom. The van der Waals surface area contributed by atoms with Crippen LogP contribution in [-0.2, 0) is 17.5 Å². The smallest absolute Gasteiger partial charge is 0.322 e. The number of piperidine rings is 1. The van der Waals surface area contributed by atoms with Gasteiger partial charge in [-0.1, -0.05) is 18.2 Å². The van der Waals surface area contributed by atoms with E-state index in [-0.39, 0.29) is 17.4 Å². The van der Waals surface area contributed by atoms with Gasteiger partial charge in [-0.25, -0.2) is 4.79 Å². The summed E-state index contributed by atoms with van der Waals surface area (Å²) in [6, 6.07) is 5.27. The van der Waals surface area contributed by atoms with Crippen molar-refractivity contribution in [1.82, 2.24) is 19.6 Å². The second-order valence-corrected chi connectivity index (χ2v) is 8.83. The van der Waals surface area contributed by atoms with Gasteiger partial charge in [-0.05, 0) is 37.6 Å². The molecule has 0 radical (unpaired) electrons. The van der Waals surface area contributed by atoms with Gasteiger partial charge >= 0.3 is 12.2 Å². The third-order valence-corrected chi connectivity index (χ3v) is 6.52. The first-order valence-electron chi connectivity index (χ1n) is 10.5. The Morgan fingerprint density at radius 2 is 1.88 bits per heavy atom. The summed E-state index contributed by atoms with van der Waals surface area (Å²) in [5.41, 5.74) is 0.662. The van der Waals surface area contributed by atoms with Gasteiger partial charge in [0.05, 0.1) is 23.6 Å². The molecule has 32 heavy (non-hydrogen) atoms. The van der Waals surface area contributed by atoms with Crippen LogP contribution < -0.4 is 4.90 Å². The van der Waals surface area contributed by atoms with Gasteiger partial charge in [-0.3, -0.25) is 9.69 Å². The van der Waals surface area contributed by atoms with Crippen LogP contribution in [0.3, 0.4) is 0 Å². The minimum atomic E-state index is -4.33. The highest BCUT2D eigenvalue weighted by Crippen LogP contribution is 2.41. The van der Waals surface area contributed by atoms with Crippen molar-refractivity contribution in [2.45, 2.75) is 32.5 Å². The molecule has 1 aromatic heterocycles. The van der Waals surface area contributed by atoms with E-state index in [1.165, 1.54) is 34.8 Å². The molecule has 0 atom stereocenters. The number of alkyl halides is 3. The standard InChI is InChI=1S/C22H26F3N5O2/c1-16(31)27(2)19-11-26-30(13-19)20(32)29-14-21(15-29)6-8-28(9-7-21)12-17-4-3-5-18(10-17)22(23,24)25/h3-5,10-11,13H,6-9,12,14-15H2,1-2H3. The number of carbonyl (C=O) groups is 2. The van der Waals surface area contributed by atoms with Gasteiger partial charge in [0, 0.05) is 39.0 Å². The second-order valence-electron chi connectivity index (χ2n) is 8.83. The van der Waals surface area contributed by atoms with Crippen LogP contribution in [0.15, 0.2) is 36.7 Å². The summed E-state index contributed by atoms with van der Waals surface area (Å²) in [4.78, 5) is 29.5. The Morgan fingerprint density at radius 3 is 2.50 bits per heavy atom. The molecule has 0 N–H and O–H groups in total. The zero-order valence-corrected chi connectivity index (χ0v) is 18.1. The van der Waals surface area contributed by atoms with Crippen molar-refractivity contribution in [2.24, 2.45) is 5.41 Å². The molecular weight excluding hydrogens is 423 g/mol. The van der Waals surface area contributed by atoms with Crippen molar-refractivity contribution in [3.63, 3.8) is 0 Å². The number of rotatable bonds is 3. The number of aromatic nitrogens is 2. The van der Waals surface area contributed by atoms with Gasteiger partial charge in [0.2, 0.25) is 5.91 Å². The summed E-state index contributed by atoms with van der Waals surface area (Å²) in [5.74, 6) is -0.142. The lowest BCUT2D eigenvalue weighted by Crippen LogP contribution is -2.62. The van der Waals surface area contributed by atoms with Crippen LogP contribution in [0, 0.1) is 5.41 Å². The molecular formula is C22H26F3N5O2. The zero-order chi connectivity index (χ0) is 23.1. The summed E-state index contributed by atoms with van der Waals surface area (Å²) >= 11 is 0. The van der Waals surface area contributed by atoms with Gasteiger partial charge in [0.15, 0.2) is 0 Å². The van der Waals surface area contributed by atoms with Crippen molar-refractivity contribution in [3.8, 4) is 0 Å².